The molecule has 13 heavy (non-hydrogen) atoms. The number of carbonyl (C=O) groups excluding carboxylic acids is 2. The number of rotatable bonds is 6. The first-order valence-electron chi connectivity index (χ1n) is 3.81. The molecule has 0 rings (SSSR count). The molecule has 0 bridgehead atoms. The molecule has 0 heterocycles. The van der Waals surface area contributed by atoms with E-state index in [-0.39, 0.29) is 6.58 Å². The number of hydrogen-bond acceptors (Lipinski definition) is 6. The zero-order valence-corrected chi connectivity index (χ0v) is 14.4. The third kappa shape index (κ3) is 5.36. The fourth-order valence-electron chi connectivity index (χ4n) is 0.638. The molecule has 0 radical (unpaired) electrons. The van der Waals surface area contributed by atoms with Gasteiger partial charge in [-0.15, -0.1) is 0 Å². The average molecular weight is 409 g/mol. The molecular formula is C6H12HgN2O2S2. The van der Waals surface area contributed by atoms with Gasteiger partial charge in [0, 0.05) is 0 Å². The van der Waals surface area contributed by atoms with Gasteiger partial charge < -0.3 is 0 Å². The van der Waals surface area contributed by atoms with E-state index in [9.17, 15) is 9.59 Å². The Labute approximate surface area is 100 Å². The predicted molar refractivity (Wildman–Crippen MR) is 53.7 cm³/mol. The fraction of sp³-hybridized carbons (Fsp3) is 0.667. The van der Waals surface area contributed by atoms with Crippen molar-refractivity contribution in [3.05, 3.63) is 0 Å². The molecule has 0 saturated carbocycles. The van der Waals surface area contributed by atoms with Crippen molar-refractivity contribution < 1.29 is 34.2 Å². The van der Waals surface area contributed by atoms with Crippen LogP contribution in [0.5, 0.6) is 0 Å². The summed E-state index contributed by atoms with van der Waals surface area (Å²) in [6.45, 7) is 0. The quantitative estimate of drug-likeness (QED) is 0.323. The van der Waals surface area contributed by atoms with Gasteiger partial charge in [0.1, 0.15) is 0 Å². The molecule has 0 aliphatic carbocycles. The molecule has 0 aromatic carbocycles. The van der Waals surface area contributed by atoms with E-state index in [1.165, 1.54) is 0 Å². The van der Waals surface area contributed by atoms with Gasteiger partial charge in [-0.25, -0.2) is 0 Å². The van der Waals surface area contributed by atoms with Gasteiger partial charge in [0.05, 0.1) is 0 Å². The molecule has 0 aliphatic rings. The normalized spacial score (nSPS) is 14.5. The average Bonchev–Trinajstić information content (AvgIpc) is 2.14. The van der Waals surface area contributed by atoms with E-state index in [2.05, 4.69) is 25.3 Å². The Bertz CT molecular complexity index is 183. The summed E-state index contributed by atoms with van der Waals surface area (Å²) in [7, 11) is 0. The van der Waals surface area contributed by atoms with E-state index >= 15 is 0 Å². The summed E-state index contributed by atoms with van der Waals surface area (Å²) in [6, 6.07) is -1.16. The van der Waals surface area contributed by atoms with Crippen LogP contribution >= 0.6 is 25.3 Å². The van der Waals surface area contributed by atoms with Crippen molar-refractivity contribution in [2.24, 2.45) is 11.5 Å². The zero-order chi connectivity index (χ0) is 10.4. The van der Waals surface area contributed by atoms with Crippen LogP contribution in [0.15, 0.2) is 0 Å². The standard InChI is InChI=1S/2C3H6NOS.Hg/c2*4-3(1-5)2-6;/h2*3,6H,2,4H2;/t2*3-;/m11./s1. The molecule has 0 spiro atoms. The third-order valence-electron chi connectivity index (χ3n) is 1.57. The maximum atomic E-state index is 11.2. The predicted octanol–water partition coefficient (Wildman–Crippen LogP) is -1.36. The second-order valence-corrected chi connectivity index (χ2v) is 10.2. The van der Waals surface area contributed by atoms with Crippen molar-refractivity contribution in [2.75, 3.05) is 11.5 Å². The molecule has 0 aromatic rings. The molecule has 0 saturated heterocycles. The van der Waals surface area contributed by atoms with Gasteiger partial charge in [0.25, 0.3) is 0 Å². The first-order valence-corrected chi connectivity index (χ1v) is 10.6. The summed E-state index contributed by atoms with van der Waals surface area (Å²) in [4.78, 5) is 22.5. The summed E-state index contributed by atoms with van der Waals surface area (Å²) < 4.78 is -0.200. The van der Waals surface area contributed by atoms with Crippen LogP contribution < -0.4 is 11.5 Å². The van der Waals surface area contributed by atoms with Crippen molar-refractivity contribution in [1.82, 2.24) is 0 Å². The summed E-state index contributed by atoms with van der Waals surface area (Å²) in [5, 5.41) is 0. The number of thiol groups is 2. The minimum atomic E-state index is -2.24. The van der Waals surface area contributed by atoms with E-state index in [1.54, 1.807) is 0 Å². The van der Waals surface area contributed by atoms with Crippen LogP contribution in [0.4, 0.5) is 0 Å². The number of hydrogen-bond donors (Lipinski definition) is 4. The second-order valence-electron chi connectivity index (χ2n) is 2.69. The topological polar surface area (TPSA) is 86.2 Å². The van der Waals surface area contributed by atoms with Crippen molar-refractivity contribution in [3.8, 4) is 0 Å². The van der Waals surface area contributed by atoms with Gasteiger partial charge in [-0.05, 0) is 0 Å². The van der Waals surface area contributed by atoms with Crippen molar-refractivity contribution in [1.29, 1.82) is 0 Å². The van der Waals surface area contributed by atoms with Crippen molar-refractivity contribution in [3.63, 3.8) is 0 Å². The Hall–Kier alpha value is 0.895. The number of nitrogens with two attached hydrogens (primary N) is 2. The first-order chi connectivity index (χ1) is 6.02. The SMILES string of the molecule is N[C@@H](CS)[C](=O)[Hg][C](=O)[C@@H](N)CS. The van der Waals surface area contributed by atoms with E-state index in [0.717, 1.165) is 0 Å². The molecule has 0 fully saturated rings. The van der Waals surface area contributed by atoms with Crippen molar-refractivity contribution in [2.45, 2.75) is 12.1 Å². The summed E-state index contributed by atoms with van der Waals surface area (Å²) in [5.74, 6) is 0.588. The van der Waals surface area contributed by atoms with Gasteiger partial charge in [0.2, 0.25) is 0 Å². The van der Waals surface area contributed by atoms with Crippen LogP contribution in [0.25, 0.3) is 0 Å². The van der Waals surface area contributed by atoms with Crippen LogP contribution in [-0.4, -0.2) is 30.2 Å². The molecule has 72 valence electrons. The van der Waals surface area contributed by atoms with Crippen LogP contribution in [-0.2, 0) is 34.2 Å². The van der Waals surface area contributed by atoms with E-state index in [1.807, 2.05) is 0 Å². The molecule has 0 amide bonds. The Morgan fingerprint density at radius 3 is 1.62 bits per heavy atom. The maximum absolute atomic E-state index is 11.2. The van der Waals surface area contributed by atoms with E-state index in [4.69, 9.17) is 11.5 Å². The summed E-state index contributed by atoms with van der Waals surface area (Å²) in [5.41, 5.74) is 10.8. The third-order valence-corrected chi connectivity index (χ3v) is 9.14. The molecule has 4 N–H and O–H groups in total. The Morgan fingerprint density at radius 2 is 1.38 bits per heavy atom. The fourth-order valence-corrected chi connectivity index (χ4v) is 7.43. The molecule has 4 nitrogen and oxygen atoms in total. The van der Waals surface area contributed by atoms with Gasteiger partial charge >= 0.3 is 101 Å². The first kappa shape index (κ1) is 13.9. The molecule has 7 heteroatoms. The molecular weight excluding hydrogens is 397 g/mol. The second kappa shape index (κ2) is 7.22. The van der Waals surface area contributed by atoms with Gasteiger partial charge in [0.15, 0.2) is 0 Å². The minimum absolute atomic E-state index is 0.0998. The molecule has 0 aliphatic heterocycles. The van der Waals surface area contributed by atoms with E-state index in [0.29, 0.717) is 11.5 Å². The van der Waals surface area contributed by atoms with E-state index < -0.39 is 36.7 Å². The van der Waals surface area contributed by atoms with Gasteiger partial charge in [-0.1, -0.05) is 0 Å². The van der Waals surface area contributed by atoms with Crippen LogP contribution in [0.2, 0.25) is 0 Å². The summed E-state index contributed by atoms with van der Waals surface area (Å²) in [6.07, 6.45) is 0. The van der Waals surface area contributed by atoms with Crippen molar-refractivity contribution >= 4 is 31.8 Å². The number of carbonyl (C=O) groups is 2. The monoisotopic (exact) mass is 410 g/mol. The Morgan fingerprint density at radius 1 is 1.08 bits per heavy atom. The zero-order valence-electron chi connectivity index (χ0n) is 7.14. The van der Waals surface area contributed by atoms with Gasteiger partial charge in [-0.2, -0.15) is 0 Å². The Kier molecular flexibility index (Phi) is 7.72. The summed E-state index contributed by atoms with van der Waals surface area (Å²) >= 11 is 5.53. The van der Waals surface area contributed by atoms with Crippen LogP contribution in [0.1, 0.15) is 0 Å². The molecule has 2 atom stereocenters. The Balaban J connectivity index is 3.99. The van der Waals surface area contributed by atoms with Gasteiger partial charge in [-0.3, -0.25) is 0 Å². The molecule has 0 aromatic heterocycles. The molecule has 0 unspecified atom stereocenters. The van der Waals surface area contributed by atoms with Crippen LogP contribution in [0.3, 0.4) is 0 Å². The van der Waals surface area contributed by atoms with Crippen LogP contribution in [0, 0.1) is 0 Å².